The van der Waals surface area contributed by atoms with E-state index in [9.17, 15) is 0 Å². The molecule has 3 nitrogen and oxygen atoms in total. The van der Waals surface area contributed by atoms with Crippen LogP contribution in [0.15, 0.2) is 24.3 Å². The SMILES string of the molecule is CCOc1ccccc1C(NN)C1CCCC(C)C1. The second-order valence-electron chi connectivity index (χ2n) is 5.65. The fourth-order valence-electron chi connectivity index (χ4n) is 3.29. The van der Waals surface area contributed by atoms with Crippen LogP contribution in [0.1, 0.15) is 51.1 Å². The molecule has 3 unspecified atom stereocenters. The molecule has 2 rings (SSSR count). The molecule has 0 saturated heterocycles. The zero-order valence-electron chi connectivity index (χ0n) is 12.1. The van der Waals surface area contributed by atoms with E-state index in [1.165, 1.54) is 31.2 Å². The summed E-state index contributed by atoms with van der Waals surface area (Å²) < 4.78 is 5.74. The summed E-state index contributed by atoms with van der Waals surface area (Å²) in [4.78, 5) is 0. The monoisotopic (exact) mass is 262 g/mol. The second-order valence-corrected chi connectivity index (χ2v) is 5.65. The largest absolute Gasteiger partial charge is 0.494 e. The molecular formula is C16H26N2O. The summed E-state index contributed by atoms with van der Waals surface area (Å²) >= 11 is 0. The molecule has 3 N–H and O–H groups in total. The predicted octanol–water partition coefficient (Wildman–Crippen LogP) is 3.42. The van der Waals surface area contributed by atoms with Crippen molar-refractivity contribution < 1.29 is 4.74 Å². The van der Waals surface area contributed by atoms with Crippen LogP contribution in [0.5, 0.6) is 5.75 Å². The van der Waals surface area contributed by atoms with Crippen molar-refractivity contribution in [1.29, 1.82) is 0 Å². The Bertz CT molecular complexity index is 394. The zero-order chi connectivity index (χ0) is 13.7. The number of nitrogens with one attached hydrogen (secondary N) is 1. The topological polar surface area (TPSA) is 47.3 Å². The molecule has 1 saturated carbocycles. The van der Waals surface area contributed by atoms with E-state index in [-0.39, 0.29) is 6.04 Å². The Kier molecular flexibility index (Phi) is 5.23. The molecular weight excluding hydrogens is 236 g/mol. The van der Waals surface area contributed by atoms with Crippen LogP contribution in [0.2, 0.25) is 0 Å². The fraction of sp³-hybridized carbons (Fsp3) is 0.625. The average Bonchev–Trinajstić information content (AvgIpc) is 2.42. The Balaban J connectivity index is 2.20. The van der Waals surface area contributed by atoms with Crippen molar-refractivity contribution in [1.82, 2.24) is 5.43 Å². The number of hydrogen-bond acceptors (Lipinski definition) is 3. The number of hydrogen-bond donors (Lipinski definition) is 2. The Morgan fingerprint density at radius 1 is 1.37 bits per heavy atom. The van der Waals surface area contributed by atoms with Crippen LogP contribution in [0, 0.1) is 11.8 Å². The highest BCUT2D eigenvalue weighted by atomic mass is 16.5. The number of benzene rings is 1. The van der Waals surface area contributed by atoms with Gasteiger partial charge >= 0.3 is 0 Å². The summed E-state index contributed by atoms with van der Waals surface area (Å²) in [6.07, 6.45) is 5.15. The highest BCUT2D eigenvalue weighted by molar-refractivity contribution is 5.36. The molecule has 0 aliphatic heterocycles. The van der Waals surface area contributed by atoms with Gasteiger partial charge in [-0.25, -0.2) is 0 Å². The van der Waals surface area contributed by atoms with Gasteiger partial charge in [-0.1, -0.05) is 38.0 Å². The lowest BCUT2D eigenvalue weighted by molar-refractivity contribution is 0.219. The predicted molar refractivity (Wildman–Crippen MR) is 78.8 cm³/mol. The third-order valence-corrected chi connectivity index (χ3v) is 4.18. The van der Waals surface area contributed by atoms with Gasteiger partial charge in [-0.2, -0.15) is 0 Å². The van der Waals surface area contributed by atoms with Gasteiger partial charge in [0.15, 0.2) is 0 Å². The van der Waals surface area contributed by atoms with E-state index < -0.39 is 0 Å². The van der Waals surface area contributed by atoms with Gasteiger partial charge in [0, 0.05) is 5.56 Å². The smallest absolute Gasteiger partial charge is 0.124 e. The summed E-state index contributed by atoms with van der Waals surface area (Å²) in [5.74, 6) is 8.21. The first-order valence-corrected chi connectivity index (χ1v) is 7.44. The molecule has 106 valence electrons. The summed E-state index contributed by atoms with van der Waals surface area (Å²) in [5, 5.41) is 0. The van der Waals surface area contributed by atoms with Crippen LogP contribution in [-0.2, 0) is 0 Å². The van der Waals surface area contributed by atoms with E-state index in [4.69, 9.17) is 10.6 Å². The maximum absolute atomic E-state index is 5.84. The lowest BCUT2D eigenvalue weighted by Gasteiger charge is -2.33. The molecule has 1 aromatic rings. The molecule has 3 heteroatoms. The molecule has 1 aliphatic rings. The number of nitrogens with two attached hydrogens (primary N) is 1. The molecule has 0 bridgehead atoms. The van der Waals surface area contributed by atoms with Gasteiger partial charge in [0.1, 0.15) is 5.75 Å². The first-order chi connectivity index (χ1) is 9.26. The highest BCUT2D eigenvalue weighted by Gasteiger charge is 2.28. The average molecular weight is 262 g/mol. The van der Waals surface area contributed by atoms with E-state index >= 15 is 0 Å². The van der Waals surface area contributed by atoms with Crippen LogP contribution in [0.3, 0.4) is 0 Å². The molecule has 0 spiro atoms. The second kappa shape index (κ2) is 6.92. The van der Waals surface area contributed by atoms with Crippen LogP contribution < -0.4 is 16.0 Å². The summed E-state index contributed by atoms with van der Waals surface area (Å²) in [6.45, 7) is 5.05. The Labute approximate surface area is 116 Å². The first-order valence-electron chi connectivity index (χ1n) is 7.44. The number of ether oxygens (including phenoxy) is 1. The van der Waals surface area contributed by atoms with E-state index in [1.807, 2.05) is 19.1 Å². The third-order valence-electron chi connectivity index (χ3n) is 4.18. The summed E-state index contributed by atoms with van der Waals surface area (Å²) in [5.41, 5.74) is 4.23. The Morgan fingerprint density at radius 2 is 2.16 bits per heavy atom. The van der Waals surface area contributed by atoms with Crippen molar-refractivity contribution in [2.24, 2.45) is 17.7 Å². The minimum absolute atomic E-state index is 0.200. The maximum atomic E-state index is 5.84. The van der Waals surface area contributed by atoms with Gasteiger partial charge in [-0.05, 0) is 37.7 Å². The molecule has 0 heterocycles. The maximum Gasteiger partial charge on any atom is 0.124 e. The van der Waals surface area contributed by atoms with Gasteiger partial charge < -0.3 is 4.74 Å². The first kappa shape index (κ1) is 14.4. The van der Waals surface area contributed by atoms with Crippen molar-refractivity contribution in [2.45, 2.75) is 45.6 Å². The van der Waals surface area contributed by atoms with E-state index in [0.29, 0.717) is 12.5 Å². The van der Waals surface area contributed by atoms with Gasteiger partial charge in [0.25, 0.3) is 0 Å². The molecule has 0 amide bonds. The molecule has 0 aromatic heterocycles. The minimum atomic E-state index is 0.200. The van der Waals surface area contributed by atoms with Crippen LogP contribution in [-0.4, -0.2) is 6.61 Å². The highest BCUT2D eigenvalue weighted by Crippen LogP contribution is 2.39. The van der Waals surface area contributed by atoms with Crippen molar-refractivity contribution in [3.05, 3.63) is 29.8 Å². The van der Waals surface area contributed by atoms with Crippen LogP contribution >= 0.6 is 0 Å². The molecule has 1 aliphatic carbocycles. The normalized spacial score (nSPS) is 25.0. The van der Waals surface area contributed by atoms with Crippen molar-refractivity contribution in [3.8, 4) is 5.75 Å². The van der Waals surface area contributed by atoms with Crippen LogP contribution in [0.25, 0.3) is 0 Å². The minimum Gasteiger partial charge on any atom is -0.494 e. The molecule has 19 heavy (non-hydrogen) atoms. The van der Waals surface area contributed by atoms with Gasteiger partial charge in [-0.15, -0.1) is 0 Å². The van der Waals surface area contributed by atoms with E-state index in [0.717, 1.165) is 11.7 Å². The van der Waals surface area contributed by atoms with E-state index in [1.54, 1.807) is 0 Å². The van der Waals surface area contributed by atoms with Crippen molar-refractivity contribution >= 4 is 0 Å². The molecule has 1 fully saturated rings. The van der Waals surface area contributed by atoms with Gasteiger partial charge in [0.05, 0.1) is 12.6 Å². The molecule has 1 aromatic carbocycles. The lowest BCUT2D eigenvalue weighted by atomic mass is 9.77. The Morgan fingerprint density at radius 3 is 2.84 bits per heavy atom. The van der Waals surface area contributed by atoms with Crippen LogP contribution in [0.4, 0.5) is 0 Å². The van der Waals surface area contributed by atoms with Crippen molar-refractivity contribution in [2.75, 3.05) is 6.61 Å². The fourth-order valence-corrected chi connectivity index (χ4v) is 3.29. The number of para-hydroxylation sites is 1. The quantitative estimate of drug-likeness (QED) is 0.631. The zero-order valence-corrected chi connectivity index (χ0v) is 12.1. The summed E-state index contributed by atoms with van der Waals surface area (Å²) in [6, 6.07) is 8.45. The Hall–Kier alpha value is -1.06. The summed E-state index contributed by atoms with van der Waals surface area (Å²) in [7, 11) is 0. The van der Waals surface area contributed by atoms with Gasteiger partial charge in [0.2, 0.25) is 0 Å². The molecule has 3 atom stereocenters. The number of rotatable bonds is 5. The third kappa shape index (κ3) is 3.48. The molecule has 0 radical (unpaired) electrons. The van der Waals surface area contributed by atoms with Gasteiger partial charge in [-0.3, -0.25) is 11.3 Å². The van der Waals surface area contributed by atoms with E-state index in [2.05, 4.69) is 24.5 Å². The number of hydrazine groups is 1. The standard InChI is InChI=1S/C16H26N2O/c1-3-19-15-10-5-4-9-14(15)16(18-17)13-8-6-7-12(2)11-13/h4-5,9-10,12-13,16,18H,3,6-8,11,17H2,1-2H3. The van der Waals surface area contributed by atoms with Crippen molar-refractivity contribution in [3.63, 3.8) is 0 Å². The lowest BCUT2D eigenvalue weighted by Crippen LogP contribution is -2.35.